The predicted molar refractivity (Wildman–Crippen MR) is 87.2 cm³/mol. The number of hydrogen-bond acceptors (Lipinski definition) is 3. The quantitative estimate of drug-likeness (QED) is 0.811. The molecule has 1 aromatic rings. The summed E-state index contributed by atoms with van der Waals surface area (Å²) in [5, 5.41) is 0. The second-order valence-corrected chi connectivity index (χ2v) is 6.23. The first-order chi connectivity index (χ1) is 10.6. The molecule has 2 rings (SSSR count). The molecule has 4 heteroatoms. The topological polar surface area (TPSA) is 38.8 Å². The molecule has 1 saturated heterocycles. The maximum atomic E-state index is 12.3. The number of carbonyl (C=O) groups excluding carboxylic acids is 1. The van der Waals surface area contributed by atoms with Gasteiger partial charge in [0.15, 0.2) is 0 Å². The highest BCUT2D eigenvalue weighted by Crippen LogP contribution is 2.19. The van der Waals surface area contributed by atoms with E-state index in [4.69, 9.17) is 9.47 Å². The third-order valence-electron chi connectivity index (χ3n) is 4.05. The van der Waals surface area contributed by atoms with E-state index >= 15 is 0 Å². The van der Waals surface area contributed by atoms with Crippen LogP contribution in [-0.4, -0.2) is 44.2 Å². The summed E-state index contributed by atoms with van der Waals surface area (Å²) < 4.78 is 10.9. The van der Waals surface area contributed by atoms with Crippen LogP contribution in [0.25, 0.3) is 0 Å². The van der Waals surface area contributed by atoms with E-state index in [-0.39, 0.29) is 5.91 Å². The summed E-state index contributed by atoms with van der Waals surface area (Å²) in [6.07, 6.45) is 2.65. The second kappa shape index (κ2) is 8.18. The van der Waals surface area contributed by atoms with Gasteiger partial charge in [-0.3, -0.25) is 4.79 Å². The van der Waals surface area contributed by atoms with Gasteiger partial charge in [-0.2, -0.15) is 0 Å². The van der Waals surface area contributed by atoms with Crippen molar-refractivity contribution < 1.29 is 14.3 Å². The van der Waals surface area contributed by atoms with Gasteiger partial charge >= 0.3 is 0 Å². The standard InChI is InChI=1S/C18H27NO3/c1-14-9-15(2)11-17(10-14)22-8-6-18(20)19-7-4-5-16(12-19)13-21-3/h9-11,16H,4-8,12-13H2,1-3H3/t16-/m1/s1. The van der Waals surface area contributed by atoms with Crippen LogP contribution in [0, 0.1) is 19.8 Å². The summed E-state index contributed by atoms with van der Waals surface area (Å²) in [6.45, 7) is 6.96. The van der Waals surface area contributed by atoms with Crippen LogP contribution < -0.4 is 4.74 Å². The fraction of sp³-hybridized carbons (Fsp3) is 0.611. The van der Waals surface area contributed by atoms with Gasteiger partial charge in [0.1, 0.15) is 5.75 Å². The molecule has 0 aromatic heterocycles. The number of hydrogen-bond donors (Lipinski definition) is 0. The lowest BCUT2D eigenvalue weighted by Crippen LogP contribution is -2.41. The fourth-order valence-electron chi connectivity index (χ4n) is 3.09. The van der Waals surface area contributed by atoms with Gasteiger partial charge in [0.25, 0.3) is 0 Å². The summed E-state index contributed by atoms with van der Waals surface area (Å²) in [4.78, 5) is 14.2. The summed E-state index contributed by atoms with van der Waals surface area (Å²) in [5.41, 5.74) is 2.36. The minimum Gasteiger partial charge on any atom is -0.493 e. The molecule has 0 radical (unpaired) electrons. The van der Waals surface area contributed by atoms with Crippen molar-refractivity contribution in [3.63, 3.8) is 0 Å². The van der Waals surface area contributed by atoms with Crippen molar-refractivity contribution in [2.24, 2.45) is 5.92 Å². The van der Waals surface area contributed by atoms with E-state index in [0.29, 0.717) is 18.9 Å². The molecule has 22 heavy (non-hydrogen) atoms. The smallest absolute Gasteiger partial charge is 0.226 e. The van der Waals surface area contributed by atoms with Crippen LogP contribution in [0.5, 0.6) is 5.75 Å². The van der Waals surface area contributed by atoms with Crippen LogP contribution in [-0.2, 0) is 9.53 Å². The lowest BCUT2D eigenvalue weighted by Gasteiger charge is -2.32. The Morgan fingerprint density at radius 2 is 2.00 bits per heavy atom. The molecule has 0 aliphatic carbocycles. The molecule has 4 nitrogen and oxygen atoms in total. The number of nitrogens with zero attached hydrogens (tertiary/aromatic N) is 1. The van der Waals surface area contributed by atoms with Crippen molar-refractivity contribution in [2.45, 2.75) is 33.1 Å². The fourth-order valence-corrected chi connectivity index (χ4v) is 3.09. The first-order valence-electron chi connectivity index (χ1n) is 8.06. The lowest BCUT2D eigenvalue weighted by atomic mass is 9.99. The van der Waals surface area contributed by atoms with Crippen molar-refractivity contribution >= 4 is 5.91 Å². The van der Waals surface area contributed by atoms with Crippen LogP contribution >= 0.6 is 0 Å². The highest BCUT2D eigenvalue weighted by atomic mass is 16.5. The Morgan fingerprint density at radius 3 is 2.68 bits per heavy atom. The maximum absolute atomic E-state index is 12.3. The Morgan fingerprint density at radius 1 is 1.27 bits per heavy atom. The van der Waals surface area contributed by atoms with Gasteiger partial charge in [0, 0.05) is 20.2 Å². The molecule has 0 N–H and O–H groups in total. The number of aryl methyl sites for hydroxylation is 2. The molecular formula is C18H27NO3. The van der Waals surface area contributed by atoms with Gasteiger partial charge in [0.05, 0.1) is 19.6 Å². The van der Waals surface area contributed by atoms with Gasteiger partial charge in [0.2, 0.25) is 5.91 Å². The van der Waals surface area contributed by atoms with E-state index in [1.165, 1.54) is 11.1 Å². The van der Waals surface area contributed by atoms with Crippen molar-refractivity contribution in [2.75, 3.05) is 33.4 Å². The number of benzene rings is 1. The normalized spacial score (nSPS) is 18.3. The molecule has 1 fully saturated rings. The molecule has 122 valence electrons. The zero-order valence-electron chi connectivity index (χ0n) is 13.9. The van der Waals surface area contributed by atoms with Crippen molar-refractivity contribution in [3.05, 3.63) is 29.3 Å². The van der Waals surface area contributed by atoms with Gasteiger partial charge in [-0.1, -0.05) is 6.07 Å². The molecule has 0 unspecified atom stereocenters. The highest BCUT2D eigenvalue weighted by Gasteiger charge is 2.23. The summed E-state index contributed by atoms with van der Waals surface area (Å²) in [6, 6.07) is 6.13. The Labute approximate surface area is 133 Å². The molecule has 1 heterocycles. The van der Waals surface area contributed by atoms with Crippen LogP contribution in [0.1, 0.15) is 30.4 Å². The molecule has 1 aliphatic rings. The molecule has 1 aliphatic heterocycles. The van der Waals surface area contributed by atoms with Gasteiger partial charge in [-0.05, 0) is 55.9 Å². The van der Waals surface area contributed by atoms with E-state index in [1.807, 2.05) is 17.0 Å². The van der Waals surface area contributed by atoms with E-state index < -0.39 is 0 Å². The first kappa shape index (κ1) is 16.8. The van der Waals surface area contributed by atoms with E-state index in [2.05, 4.69) is 19.9 Å². The van der Waals surface area contributed by atoms with Gasteiger partial charge in [-0.15, -0.1) is 0 Å². The molecule has 0 spiro atoms. The summed E-state index contributed by atoms with van der Waals surface area (Å²) in [7, 11) is 1.72. The van der Waals surface area contributed by atoms with Gasteiger partial charge in [-0.25, -0.2) is 0 Å². The summed E-state index contributed by atoms with van der Waals surface area (Å²) >= 11 is 0. The molecular weight excluding hydrogens is 278 g/mol. The molecule has 1 atom stereocenters. The lowest BCUT2D eigenvalue weighted by molar-refractivity contribution is -0.133. The van der Waals surface area contributed by atoms with Crippen LogP contribution in [0.2, 0.25) is 0 Å². The Hall–Kier alpha value is -1.55. The molecule has 0 saturated carbocycles. The average Bonchev–Trinajstić information content (AvgIpc) is 2.47. The number of rotatable bonds is 6. The second-order valence-electron chi connectivity index (χ2n) is 6.23. The van der Waals surface area contributed by atoms with Gasteiger partial charge < -0.3 is 14.4 Å². The third-order valence-corrected chi connectivity index (χ3v) is 4.05. The average molecular weight is 305 g/mol. The number of carbonyl (C=O) groups is 1. The Bertz CT molecular complexity index is 479. The van der Waals surface area contributed by atoms with E-state index in [0.717, 1.165) is 38.3 Å². The number of amides is 1. The zero-order valence-corrected chi connectivity index (χ0v) is 13.9. The van der Waals surface area contributed by atoms with Crippen molar-refractivity contribution in [1.82, 2.24) is 4.90 Å². The van der Waals surface area contributed by atoms with Crippen LogP contribution in [0.4, 0.5) is 0 Å². The van der Waals surface area contributed by atoms with Crippen LogP contribution in [0.15, 0.2) is 18.2 Å². The monoisotopic (exact) mass is 305 g/mol. The summed E-state index contributed by atoms with van der Waals surface area (Å²) in [5.74, 6) is 1.51. The zero-order chi connectivity index (χ0) is 15.9. The Balaban J connectivity index is 1.77. The molecule has 1 aromatic carbocycles. The largest absolute Gasteiger partial charge is 0.493 e. The number of piperidine rings is 1. The SMILES string of the molecule is COC[C@@H]1CCCN(C(=O)CCOc2cc(C)cc(C)c2)C1. The van der Waals surface area contributed by atoms with Crippen molar-refractivity contribution in [1.29, 1.82) is 0 Å². The highest BCUT2D eigenvalue weighted by molar-refractivity contribution is 5.76. The minimum atomic E-state index is 0.185. The third kappa shape index (κ3) is 5.02. The number of methoxy groups -OCH3 is 1. The molecule has 0 bridgehead atoms. The van der Waals surface area contributed by atoms with E-state index in [1.54, 1.807) is 7.11 Å². The Kier molecular flexibility index (Phi) is 6.25. The minimum absolute atomic E-state index is 0.185. The number of ether oxygens (including phenoxy) is 2. The maximum Gasteiger partial charge on any atom is 0.226 e. The predicted octanol–water partition coefficient (Wildman–Crippen LogP) is 2.96. The first-order valence-corrected chi connectivity index (χ1v) is 8.06. The van der Waals surface area contributed by atoms with E-state index in [9.17, 15) is 4.79 Å². The molecule has 1 amide bonds. The van der Waals surface area contributed by atoms with Crippen molar-refractivity contribution in [3.8, 4) is 5.75 Å². The van der Waals surface area contributed by atoms with Crippen LogP contribution in [0.3, 0.4) is 0 Å². The number of likely N-dealkylation sites (tertiary alicyclic amines) is 1.